The van der Waals surface area contributed by atoms with E-state index in [0.29, 0.717) is 17.8 Å². The lowest BCUT2D eigenvalue weighted by Crippen LogP contribution is -2.41. The molecule has 0 bridgehead atoms. The second kappa shape index (κ2) is 6.24. The first-order chi connectivity index (χ1) is 11.8. The van der Waals surface area contributed by atoms with Gasteiger partial charge < -0.3 is 9.15 Å². The highest BCUT2D eigenvalue weighted by Crippen LogP contribution is 2.40. The Bertz CT molecular complexity index is 682. The molecule has 2 saturated heterocycles. The molecule has 1 aliphatic carbocycles. The predicted molar refractivity (Wildman–Crippen MR) is 90.9 cm³/mol. The van der Waals surface area contributed by atoms with E-state index >= 15 is 0 Å². The van der Waals surface area contributed by atoms with Crippen LogP contribution in [0, 0.1) is 11.8 Å². The van der Waals surface area contributed by atoms with Crippen LogP contribution in [0.15, 0.2) is 21.2 Å². The van der Waals surface area contributed by atoms with Gasteiger partial charge in [-0.25, -0.2) is 0 Å². The summed E-state index contributed by atoms with van der Waals surface area (Å²) < 4.78 is 11.9. The summed E-state index contributed by atoms with van der Waals surface area (Å²) in [4.78, 5) is 2.58. The minimum Gasteiger partial charge on any atom is -0.425 e. The van der Waals surface area contributed by atoms with E-state index < -0.39 is 0 Å². The van der Waals surface area contributed by atoms with Crippen LogP contribution in [0.3, 0.4) is 0 Å². The third kappa shape index (κ3) is 3.03. The Labute approximate surface area is 146 Å². The van der Waals surface area contributed by atoms with E-state index in [9.17, 15) is 0 Å². The lowest BCUT2D eigenvalue weighted by atomic mass is 9.83. The van der Waals surface area contributed by atoms with Gasteiger partial charge in [-0.15, -0.1) is 10.2 Å². The van der Waals surface area contributed by atoms with Gasteiger partial charge in [0, 0.05) is 24.9 Å². The van der Waals surface area contributed by atoms with Crippen molar-refractivity contribution in [3.8, 4) is 0 Å². The number of piperidine rings is 1. The number of nitrogens with zero attached hydrogens (tertiary/aromatic N) is 3. The van der Waals surface area contributed by atoms with Crippen LogP contribution in [-0.2, 0) is 17.7 Å². The summed E-state index contributed by atoms with van der Waals surface area (Å²) in [6, 6.07) is 2.23. The maximum absolute atomic E-state index is 6.12. The van der Waals surface area contributed by atoms with Gasteiger partial charge >= 0.3 is 0 Å². The summed E-state index contributed by atoms with van der Waals surface area (Å²) in [6.45, 7) is 4.26. The number of hydrogen-bond donors (Lipinski definition) is 0. The van der Waals surface area contributed by atoms with Gasteiger partial charge in [-0.05, 0) is 54.1 Å². The van der Waals surface area contributed by atoms with Crippen LogP contribution in [0.1, 0.15) is 42.5 Å². The Morgan fingerprint density at radius 2 is 2.21 bits per heavy atom. The maximum atomic E-state index is 6.12. The zero-order valence-corrected chi connectivity index (χ0v) is 14.6. The Balaban J connectivity index is 1.19. The highest BCUT2D eigenvalue weighted by Gasteiger charge is 2.41. The fourth-order valence-electron chi connectivity index (χ4n) is 4.17. The fraction of sp³-hybridized carbons (Fsp3) is 0.667. The van der Waals surface area contributed by atoms with Crippen molar-refractivity contribution in [3.05, 3.63) is 34.2 Å². The van der Waals surface area contributed by atoms with Crippen molar-refractivity contribution < 1.29 is 9.15 Å². The molecule has 0 spiro atoms. The third-order valence-corrected chi connectivity index (χ3v) is 6.38. The summed E-state index contributed by atoms with van der Waals surface area (Å²) in [7, 11) is 0. The van der Waals surface area contributed by atoms with Crippen LogP contribution in [0.4, 0.5) is 0 Å². The first kappa shape index (κ1) is 15.0. The number of aromatic nitrogens is 2. The summed E-state index contributed by atoms with van der Waals surface area (Å²) >= 11 is 1.78. The number of fused-ring (bicyclic) bond motifs is 1. The average Bonchev–Trinajstić information content (AvgIpc) is 2.99. The molecule has 5 rings (SSSR count). The average molecular weight is 345 g/mol. The molecule has 0 radical (unpaired) electrons. The molecule has 0 N–H and O–H groups in total. The van der Waals surface area contributed by atoms with Gasteiger partial charge in [0.05, 0.1) is 19.1 Å². The van der Waals surface area contributed by atoms with Crippen LogP contribution < -0.4 is 0 Å². The van der Waals surface area contributed by atoms with Gasteiger partial charge in [-0.2, -0.15) is 11.3 Å². The first-order valence-electron chi connectivity index (χ1n) is 9.02. The van der Waals surface area contributed by atoms with Crippen molar-refractivity contribution in [2.75, 3.05) is 19.7 Å². The van der Waals surface area contributed by atoms with Crippen LogP contribution in [0.2, 0.25) is 0 Å². The highest BCUT2D eigenvalue weighted by atomic mass is 32.1. The van der Waals surface area contributed by atoms with Crippen LogP contribution in [-0.4, -0.2) is 40.9 Å². The molecule has 0 amide bonds. The van der Waals surface area contributed by atoms with Gasteiger partial charge in [0.25, 0.3) is 0 Å². The molecule has 5 nitrogen and oxygen atoms in total. The molecule has 3 atom stereocenters. The van der Waals surface area contributed by atoms with Crippen LogP contribution >= 0.6 is 11.3 Å². The number of rotatable bonds is 5. The van der Waals surface area contributed by atoms with E-state index in [1.807, 2.05) is 0 Å². The van der Waals surface area contributed by atoms with E-state index in [1.54, 1.807) is 11.3 Å². The monoisotopic (exact) mass is 345 g/mol. The summed E-state index contributed by atoms with van der Waals surface area (Å²) in [5.74, 6) is 3.42. The topological polar surface area (TPSA) is 51.4 Å². The number of ether oxygens (including phenoxy) is 1. The van der Waals surface area contributed by atoms with Gasteiger partial charge in [-0.1, -0.05) is 0 Å². The van der Waals surface area contributed by atoms with Gasteiger partial charge in [0.15, 0.2) is 0 Å². The van der Waals surface area contributed by atoms with E-state index in [0.717, 1.165) is 44.4 Å². The van der Waals surface area contributed by atoms with Crippen LogP contribution in [0.5, 0.6) is 0 Å². The molecule has 2 aromatic rings. The van der Waals surface area contributed by atoms with E-state index in [4.69, 9.17) is 9.15 Å². The van der Waals surface area contributed by atoms with Crippen molar-refractivity contribution in [3.63, 3.8) is 0 Å². The summed E-state index contributed by atoms with van der Waals surface area (Å²) in [5.41, 5.74) is 1.44. The molecule has 0 unspecified atom stereocenters. The second-order valence-corrected chi connectivity index (χ2v) is 8.24. The van der Waals surface area contributed by atoms with Crippen molar-refractivity contribution >= 4 is 11.3 Å². The molecular formula is C18H23N3O2S. The Hall–Kier alpha value is -1.24. The van der Waals surface area contributed by atoms with Gasteiger partial charge in [-0.3, -0.25) is 4.90 Å². The van der Waals surface area contributed by atoms with Crippen molar-refractivity contribution in [2.45, 2.75) is 44.2 Å². The Morgan fingerprint density at radius 3 is 3.04 bits per heavy atom. The summed E-state index contributed by atoms with van der Waals surface area (Å²) in [6.07, 6.45) is 4.65. The summed E-state index contributed by atoms with van der Waals surface area (Å²) in [5, 5.41) is 12.9. The molecule has 0 aromatic carbocycles. The fourth-order valence-corrected chi connectivity index (χ4v) is 4.83. The normalized spacial score (nSPS) is 30.6. The molecule has 3 fully saturated rings. The predicted octanol–water partition coefficient (Wildman–Crippen LogP) is 3.09. The van der Waals surface area contributed by atoms with Crippen LogP contribution in [0.25, 0.3) is 0 Å². The number of likely N-dealkylation sites (tertiary alicyclic amines) is 1. The molecule has 2 aromatic heterocycles. The lowest BCUT2D eigenvalue weighted by molar-refractivity contribution is 0.0793. The minimum atomic E-state index is 0.255. The standard InChI is InChI=1S/C18H23N3O2S/c1-2-13(1)18-20-19-17(23-18)7-16-15-3-5-21(9-14(15)10-22-16)8-12-4-6-24-11-12/h4,6,11,13-16H,1-3,5,7-10H2/t14-,15-,16+/m1/s1. The molecule has 128 valence electrons. The molecule has 2 aliphatic heterocycles. The molecular weight excluding hydrogens is 322 g/mol. The van der Waals surface area contributed by atoms with Crippen molar-refractivity contribution in [2.24, 2.45) is 11.8 Å². The number of thiophene rings is 1. The van der Waals surface area contributed by atoms with Gasteiger partial charge in [0.1, 0.15) is 0 Å². The molecule has 6 heteroatoms. The minimum absolute atomic E-state index is 0.255. The molecule has 3 aliphatic rings. The quantitative estimate of drug-likeness (QED) is 0.833. The van der Waals surface area contributed by atoms with E-state index in [-0.39, 0.29) is 6.10 Å². The Morgan fingerprint density at radius 1 is 1.25 bits per heavy atom. The first-order valence-corrected chi connectivity index (χ1v) is 9.97. The number of hydrogen-bond acceptors (Lipinski definition) is 6. The Kier molecular flexibility index (Phi) is 3.91. The zero-order chi connectivity index (χ0) is 15.9. The molecule has 4 heterocycles. The lowest BCUT2D eigenvalue weighted by Gasteiger charge is -2.35. The maximum Gasteiger partial charge on any atom is 0.219 e. The van der Waals surface area contributed by atoms with Gasteiger partial charge in [0.2, 0.25) is 11.8 Å². The third-order valence-electron chi connectivity index (χ3n) is 5.65. The molecule has 1 saturated carbocycles. The molecule has 24 heavy (non-hydrogen) atoms. The largest absolute Gasteiger partial charge is 0.425 e. The second-order valence-electron chi connectivity index (χ2n) is 7.46. The van der Waals surface area contributed by atoms with E-state index in [1.165, 1.54) is 24.8 Å². The smallest absolute Gasteiger partial charge is 0.219 e. The SMILES string of the molecule is c1cc(CN2CC[C@@H]3[C@@H](CO[C@H]3Cc3nnc(C4CC4)o3)C2)cs1. The van der Waals surface area contributed by atoms with Crippen molar-refractivity contribution in [1.29, 1.82) is 0 Å². The van der Waals surface area contributed by atoms with Crippen molar-refractivity contribution in [1.82, 2.24) is 15.1 Å². The highest BCUT2D eigenvalue weighted by molar-refractivity contribution is 7.07. The zero-order valence-electron chi connectivity index (χ0n) is 13.8. The van der Waals surface area contributed by atoms with E-state index in [2.05, 4.69) is 31.9 Å².